The molecular formula is C10H18N2. The van der Waals surface area contributed by atoms with Crippen LogP contribution in [0.15, 0.2) is 0 Å². The van der Waals surface area contributed by atoms with Crippen molar-refractivity contribution in [2.75, 3.05) is 6.54 Å². The molecule has 12 heavy (non-hydrogen) atoms. The van der Waals surface area contributed by atoms with Crippen LogP contribution in [-0.2, 0) is 0 Å². The van der Waals surface area contributed by atoms with Crippen molar-refractivity contribution in [3.63, 3.8) is 0 Å². The minimum Gasteiger partial charge on any atom is -0.313 e. The fourth-order valence-electron chi connectivity index (χ4n) is 1.78. The minimum atomic E-state index is -0.0374. The quantitative estimate of drug-likeness (QED) is 0.696. The lowest BCUT2D eigenvalue weighted by Crippen LogP contribution is -2.34. The van der Waals surface area contributed by atoms with Gasteiger partial charge >= 0.3 is 0 Å². The average molecular weight is 166 g/mol. The second-order valence-electron chi connectivity index (χ2n) is 4.13. The molecule has 0 aliphatic heterocycles. The van der Waals surface area contributed by atoms with E-state index < -0.39 is 0 Å². The Balaban J connectivity index is 2.41. The predicted molar refractivity (Wildman–Crippen MR) is 49.7 cm³/mol. The molecule has 0 saturated heterocycles. The molecule has 1 N–H and O–H groups in total. The highest BCUT2D eigenvalue weighted by atomic mass is 14.9. The lowest BCUT2D eigenvalue weighted by atomic mass is 9.88. The van der Waals surface area contributed by atoms with Crippen LogP contribution in [-0.4, -0.2) is 12.6 Å². The molecule has 68 valence electrons. The average Bonchev–Trinajstić information content (AvgIpc) is 2.50. The standard InChI is InChI=1S/C10H18N2/c1-9(2)12-8-10(7-11)5-3-4-6-10/h9,12H,3-6,8H2,1-2H3. The van der Waals surface area contributed by atoms with Gasteiger partial charge in [-0.2, -0.15) is 5.26 Å². The first-order valence-electron chi connectivity index (χ1n) is 4.83. The first-order chi connectivity index (χ1) is 5.68. The third-order valence-corrected chi connectivity index (χ3v) is 2.65. The molecule has 1 saturated carbocycles. The van der Waals surface area contributed by atoms with E-state index in [2.05, 4.69) is 25.2 Å². The van der Waals surface area contributed by atoms with E-state index in [4.69, 9.17) is 5.26 Å². The Morgan fingerprint density at radius 3 is 2.42 bits per heavy atom. The molecule has 1 fully saturated rings. The summed E-state index contributed by atoms with van der Waals surface area (Å²) in [6, 6.07) is 2.97. The number of rotatable bonds is 3. The van der Waals surface area contributed by atoms with Gasteiger partial charge in [0, 0.05) is 12.6 Å². The van der Waals surface area contributed by atoms with Crippen molar-refractivity contribution >= 4 is 0 Å². The second kappa shape index (κ2) is 3.91. The summed E-state index contributed by atoms with van der Waals surface area (Å²) in [7, 11) is 0. The van der Waals surface area contributed by atoms with Gasteiger partial charge in [0.1, 0.15) is 0 Å². The first-order valence-corrected chi connectivity index (χ1v) is 4.83. The molecule has 0 unspecified atom stereocenters. The van der Waals surface area contributed by atoms with Crippen LogP contribution in [0.3, 0.4) is 0 Å². The molecule has 0 aromatic rings. The molecule has 0 atom stereocenters. The molecule has 1 aliphatic carbocycles. The van der Waals surface area contributed by atoms with Crippen molar-refractivity contribution < 1.29 is 0 Å². The van der Waals surface area contributed by atoms with Crippen LogP contribution in [0.4, 0.5) is 0 Å². The van der Waals surface area contributed by atoms with Gasteiger partial charge in [-0.05, 0) is 12.8 Å². The van der Waals surface area contributed by atoms with E-state index in [1.54, 1.807) is 0 Å². The van der Waals surface area contributed by atoms with Crippen LogP contribution in [0.2, 0.25) is 0 Å². The zero-order valence-corrected chi connectivity index (χ0v) is 8.06. The normalized spacial score (nSPS) is 21.2. The number of nitrogens with zero attached hydrogens (tertiary/aromatic N) is 1. The van der Waals surface area contributed by atoms with Gasteiger partial charge in [0.25, 0.3) is 0 Å². The fraction of sp³-hybridized carbons (Fsp3) is 0.900. The molecule has 2 heteroatoms. The minimum absolute atomic E-state index is 0.0374. The van der Waals surface area contributed by atoms with E-state index in [1.807, 2.05) is 0 Å². The van der Waals surface area contributed by atoms with Crippen LogP contribution in [0.25, 0.3) is 0 Å². The lowest BCUT2D eigenvalue weighted by Gasteiger charge is -2.21. The molecule has 1 aliphatic rings. The molecule has 0 bridgehead atoms. The highest BCUT2D eigenvalue weighted by molar-refractivity contribution is 5.03. The topological polar surface area (TPSA) is 35.8 Å². The largest absolute Gasteiger partial charge is 0.313 e. The number of hydrogen-bond acceptors (Lipinski definition) is 2. The molecule has 2 nitrogen and oxygen atoms in total. The van der Waals surface area contributed by atoms with Crippen molar-refractivity contribution in [1.82, 2.24) is 5.32 Å². The van der Waals surface area contributed by atoms with Crippen LogP contribution in [0.5, 0.6) is 0 Å². The Hall–Kier alpha value is -0.550. The number of hydrogen-bond donors (Lipinski definition) is 1. The van der Waals surface area contributed by atoms with Crippen LogP contribution in [0, 0.1) is 16.7 Å². The predicted octanol–water partition coefficient (Wildman–Crippen LogP) is 2.07. The van der Waals surface area contributed by atoms with Crippen molar-refractivity contribution in [1.29, 1.82) is 5.26 Å². The zero-order chi connectivity index (χ0) is 9.03. The third-order valence-electron chi connectivity index (χ3n) is 2.65. The maximum Gasteiger partial charge on any atom is 0.0703 e. The molecule has 0 amide bonds. The summed E-state index contributed by atoms with van der Waals surface area (Å²) >= 11 is 0. The van der Waals surface area contributed by atoms with E-state index in [0.717, 1.165) is 19.4 Å². The monoisotopic (exact) mass is 166 g/mol. The van der Waals surface area contributed by atoms with E-state index >= 15 is 0 Å². The number of nitriles is 1. The Labute approximate surface area is 75.0 Å². The molecule has 0 aromatic carbocycles. The van der Waals surface area contributed by atoms with Crippen molar-refractivity contribution in [2.45, 2.75) is 45.6 Å². The Morgan fingerprint density at radius 1 is 1.42 bits per heavy atom. The summed E-state index contributed by atoms with van der Waals surface area (Å²) in [6.45, 7) is 5.13. The Kier molecular flexibility index (Phi) is 3.11. The number of nitrogens with one attached hydrogen (secondary N) is 1. The summed E-state index contributed by atoms with van der Waals surface area (Å²) in [4.78, 5) is 0. The molecule has 0 aromatic heterocycles. The van der Waals surface area contributed by atoms with Gasteiger partial charge in [-0.25, -0.2) is 0 Å². The van der Waals surface area contributed by atoms with Crippen LogP contribution < -0.4 is 5.32 Å². The summed E-state index contributed by atoms with van der Waals surface area (Å²) in [5, 5.41) is 12.4. The molecule has 0 radical (unpaired) electrons. The smallest absolute Gasteiger partial charge is 0.0703 e. The van der Waals surface area contributed by atoms with E-state index in [1.165, 1.54) is 12.8 Å². The van der Waals surface area contributed by atoms with Crippen molar-refractivity contribution in [3.05, 3.63) is 0 Å². The van der Waals surface area contributed by atoms with Crippen LogP contribution in [0.1, 0.15) is 39.5 Å². The first kappa shape index (κ1) is 9.54. The second-order valence-corrected chi connectivity index (χ2v) is 4.13. The summed E-state index contributed by atoms with van der Waals surface area (Å²) in [5.74, 6) is 0. The lowest BCUT2D eigenvalue weighted by molar-refractivity contribution is 0.363. The summed E-state index contributed by atoms with van der Waals surface area (Å²) in [5.41, 5.74) is -0.0374. The molecule has 0 spiro atoms. The van der Waals surface area contributed by atoms with Crippen molar-refractivity contribution in [3.8, 4) is 6.07 Å². The highest BCUT2D eigenvalue weighted by Crippen LogP contribution is 2.36. The van der Waals surface area contributed by atoms with Gasteiger partial charge in [-0.1, -0.05) is 26.7 Å². The Morgan fingerprint density at radius 2 is 2.00 bits per heavy atom. The third kappa shape index (κ3) is 2.22. The fourth-order valence-corrected chi connectivity index (χ4v) is 1.78. The SMILES string of the molecule is CC(C)NCC1(C#N)CCCC1. The Bertz CT molecular complexity index is 173. The summed E-state index contributed by atoms with van der Waals surface area (Å²) < 4.78 is 0. The molecule has 0 heterocycles. The van der Waals surface area contributed by atoms with E-state index in [0.29, 0.717) is 6.04 Å². The van der Waals surface area contributed by atoms with Gasteiger partial charge in [0.15, 0.2) is 0 Å². The maximum atomic E-state index is 9.04. The van der Waals surface area contributed by atoms with Gasteiger partial charge < -0.3 is 5.32 Å². The van der Waals surface area contributed by atoms with E-state index in [-0.39, 0.29) is 5.41 Å². The summed E-state index contributed by atoms with van der Waals surface area (Å²) in [6.07, 6.45) is 4.63. The molecule has 1 rings (SSSR count). The van der Waals surface area contributed by atoms with Gasteiger partial charge in [0.2, 0.25) is 0 Å². The van der Waals surface area contributed by atoms with Gasteiger partial charge in [-0.15, -0.1) is 0 Å². The van der Waals surface area contributed by atoms with Gasteiger partial charge in [-0.3, -0.25) is 0 Å². The maximum absolute atomic E-state index is 9.04. The highest BCUT2D eigenvalue weighted by Gasteiger charge is 2.33. The zero-order valence-electron chi connectivity index (χ0n) is 8.06. The van der Waals surface area contributed by atoms with E-state index in [9.17, 15) is 0 Å². The van der Waals surface area contributed by atoms with Crippen molar-refractivity contribution in [2.24, 2.45) is 5.41 Å². The van der Waals surface area contributed by atoms with Gasteiger partial charge in [0.05, 0.1) is 11.5 Å². The van der Waals surface area contributed by atoms with Crippen LogP contribution >= 0.6 is 0 Å². The molecular weight excluding hydrogens is 148 g/mol.